The molecule has 2 amide bonds. The normalized spacial score (nSPS) is 11.7. The summed E-state index contributed by atoms with van der Waals surface area (Å²) in [6, 6.07) is 6.62. The van der Waals surface area contributed by atoms with E-state index >= 15 is 0 Å². The first-order valence-corrected chi connectivity index (χ1v) is 8.17. The lowest BCUT2D eigenvalue weighted by molar-refractivity contribution is -0.119. The summed E-state index contributed by atoms with van der Waals surface area (Å²) in [5.74, 6) is -0.524. The van der Waals surface area contributed by atoms with E-state index in [4.69, 9.17) is 9.84 Å². The first-order valence-electron chi connectivity index (χ1n) is 6.50. The predicted octanol–water partition coefficient (Wildman–Crippen LogP) is 2.79. The summed E-state index contributed by atoms with van der Waals surface area (Å²) < 4.78 is 5.77. The summed E-state index contributed by atoms with van der Waals surface area (Å²) in [4.78, 5) is 27.1. The fraction of sp³-hybridized carbons (Fsp3) is 0.214. The van der Waals surface area contributed by atoms with Crippen LogP contribution in [0.15, 0.2) is 34.1 Å². The van der Waals surface area contributed by atoms with Crippen LogP contribution in [0.5, 0.6) is 0 Å². The van der Waals surface area contributed by atoms with E-state index in [1.165, 1.54) is 18.4 Å². The highest BCUT2D eigenvalue weighted by Gasteiger charge is 2.21. The number of anilines is 1. The SMILES string of the molecule is COCC(NC(=O)O)C(=O)Nc1nc(-c2cccc(Br)c2)cs1. The van der Waals surface area contributed by atoms with E-state index in [0.717, 1.165) is 15.7 Å². The molecule has 0 aliphatic heterocycles. The quantitative estimate of drug-likeness (QED) is 0.693. The molecule has 1 atom stereocenters. The first-order chi connectivity index (χ1) is 11.0. The molecule has 0 saturated carbocycles. The molecule has 23 heavy (non-hydrogen) atoms. The van der Waals surface area contributed by atoms with Crippen LogP contribution in [0, 0.1) is 0 Å². The van der Waals surface area contributed by atoms with Crippen LogP contribution >= 0.6 is 27.3 Å². The van der Waals surface area contributed by atoms with Gasteiger partial charge in [0.05, 0.1) is 12.3 Å². The lowest BCUT2D eigenvalue weighted by Gasteiger charge is -2.14. The molecule has 1 unspecified atom stereocenters. The maximum atomic E-state index is 12.1. The first kappa shape index (κ1) is 17.4. The van der Waals surface area contributed by atoms with Crippen molar-refractivity contribution < 1.29 is 19.4 Å². The summed E-state index contributed by atoms with van der Waals surface area (Å²) in [6.07, 6.45) is -1.30. The molecule has 122 valence electrons. The van der Waals surface area contributed by atoms with E-state index in [-0.39, 0.29) is 6.61 Å². The average Bonchev–Trinajstić information content (AvgIpc) is 2.95. The third-order valence-corrected chi connectivity index (χ3v) is 4.05. The molecule has 1 heterocycles. The second-order valence-electron chi connectivity index (χ2n) is 4.49. The fourth-order valence-corrected chi connectivity index (χ4v) is 2.92. The number of methoxy groups -OCH3 is 1. The molecule has 2 rings (SSSR count). The molecule has 2 aromatic rings. The van der Waals surface area contributed by atoms with Gasteiger partial charge in [-0.05, 0) is 12.1 Å². The van der Waals surface area contributed by atoms with E-state index < -0.39 is 18.0 Å². The minimum atomic E-state index is -1.30. The van der Waals surface area contributed by atoms with Gasteiger partial charge < -0.3 is 20.5 Å². The number of hydrogen-bond acceptors (Lipinski definition) is 5. The average molecular weight is 400 g/mol. The molecule has 0 saturated heterocycles. The van der Waals surface area contributed by atoms with Crippen LogP contribution in [0.25, 0.3) is 11.3 Å². The zero-order valence-electron chi connectivity index (χ0n) is 12.1. The third kappa shape index (κ3) is 5.02. The van der Waals surface area contributed by atoms with Gasteiger partial charge in [0.2, 0.25) is 0 Å². The Morgan fingerprint density at radius 1 is 1.48 bits per heavy atom. The smallest absolute Gasteiger partial charge is 0.405 e. The molecule has 0 radical (unpaired) electrons. The monoisotopic (exact) mass is 399 g/mol. The second kappa shape index (κ2) is 8.04. The Kier molecular flexibility index (Phi) is 6.08. The molecule has 1 aromatic carbocycles. The molecule has 0 aliphatic rings. The fourth-order valence-electron chi connectivity index (χ4n) is 1.80. The van der Waals surface area contributed by atoms with E-state index in [1.54, 1.807) is 0 Å². The summed E-state index contributed by atoms with van der Waals surface area (Å²) in [7, 11) is 1.39. The number of thiazole rings is 1. The van der Waals surface area contributed by atoms with Crippen LogP contribution in [0.4, 0.5) is 9.93 Å². The molecule has 0 spiro atoms. The molecule has 9 heteroatoms. The highest BCUT2D eigenvalue weighted by atomic mass is 79.9. The lowest BCUT2D eigenvalue weighted by Crippen LogP contribution is -2.46. The van der Waals surface area contributed by atoms with Crippen LogP contribution < -0.4 is 10.6 Å². The van der Waals surface area contributed by atoms with Gasteiger partial charge in [0, 0.05) is 22.5 Å². The minimum Gasteiger partial charge on any atom is -0.465 e. The van der Waals surface area contributed by atoms with Gasteiger partial charge in [0.15, 0.2) is 5.13 Å². The van der Waals surface area contributed by atoms with Crippen molar-refractivity contribution in [3.63, 3.8) is 0 Å². The number of carboxylic acid groups (broad SMARTS) is 1. The molecule has 1 aromatic heterocycles. The van der Waals surface area contributed by atoms with Crippen molar-refractivity contribution in [3.05, 3.63) is 34.1 Å². The summed E-state index contributed by atoms with van der Waals surface area (Å²) in [5.41, 5.74) is 1.63. The Morgan fingerprint density at radius 3 is 2.91 bits per heavy atom. The number of carbonyl (C=O) groups excluding carboxylic acids is 1. The zero-order valence-corrected chi connectivity index (χ0v) is 14.5. The number of amides is 2. The summed E-state index contributed by atoms with van der Waals surface area (Å²) >= 11 is 4.65. The van der Waals surface area contributed by atoms with Crippen LogP contribution in [0.3, 0.4) is 0 Å². The van der Waals surface area contributed by atoms with Crippen molar-refractivity contribution >= 4 is 44.4 Å². The highest BCUT2D eigenvalue weighted by molar-refractivity contribution is 9.10. The zero-order chi connectivity index (χ0) is 16.8. The van der Waals surface area contributed by atoms with E-state index in [9.17, 15) is 9.59 Å². The highest BCUT2D eigenvalue weighted by Crippen LogP contribution is 2.26. The number of halogens is 1. The number of nitrogens with zero attached hydrogens (tertiary/aromatic N) is 1. The van der Waals surface area contributed by atoms with E-state index in [0.29, 0.717) is 5.13 Å². The summed E-state index contributed by atoms with van der Waals surface area (Å²) in [6.45, 7) is -0.0675. The largest absolute Gasteiger partial charge is 0.465 e. The van der Waals surface area contributed by atoms with Crippen molar-refractivity contribution in [1.82, 2.24) is 10.3 Å². The number of carbonyl (C=O) groups is 2. The van der Waals surface area contributed by atoms with Gasteiger partial charge in [0.1, 0.15) is 6.04 Å². The molecule has 3 N–H and O–H groups in total. The third-order valence-electron chi connectivity index (χ3n) is 2.80. The maximum absolute atomic E-state index is 12.1. The van der Waals surface area contributed by atoms with Gasteiger partial charge in [-0.25, -0.2) is 9.78 Å². The maximum Gasteiger partial charge on any atom is 0.405 e. The van der Waals surface area contributed by atoms with E-state index in [1.807, 2.05) is 29.6 Å². The van der Waals surface area contributed by atoms with Crippen molar-refractivity contribution in [2.45, 2.75) is 6.04 Å². The lowest BCUT2D eigenvalue weighted by atomic mass is 10.2. The molecule has 0 aliphatic carbocycles. The minimum absolute atomic E-state index is 0.0675. The molecule has 0 bridgehead atoms. The van der Waals surface area contributed by atoms with Crippen LogP contribution in [0.1, 0.15) is 0 Å². The molecular formula is C14H14BrN3O4S. The standard InChI is InChI=1S/C14H14BrN3O4S/c1-22-6-10(17-14(20)21)12(19)18-13-16-11(7-23-13)8-3-2-4-9(15)5-8/h2-5,7,10,17H,6H2,1H3,(H,20,21)(H,16,18,19). The van der Waals surface area contributed by atoms with Crippen molar-refractivity contribution in [2.24, 2.45) is 0 Å². The van der Waals surface area contributed by atoms with Crippen molar-refractivity contribution in [2.75, 3.05) is 19.0 Å². The second-order valence-corrected chi connectivity index (χ2v) is 6.27. The summed E-state index contributed by atoms with van der Waals surface area (Å²) in [5, 5.41) is 15.6. The Labute approximate surface area is 144 Å². The van der Waals surface area contributed by atoms with E-state index in [2.05, 4.69) is 31.5 Å². The Hall–Kier alpha value is -1.97. The topological polar surface area (TPSA) is 101 Å². The Morgan fingerprint density at radius 2 is 2.26 bits per heavy atom. The number of ether oxygens (including phenoxy) is 1. The number of nitrogens with one attached hydrogen (secondary N) is 2. The van der Waals surface area contributed by atoms with Crippen LogP contribution in [-0.4, -0.2) is 41.8 Å². The Balaban J connectivity index is 2.08. The van der Waals surface area contributed by atoms with Gasteiger partial charge in [-0.15, -0.1) is 11.3 Å². The number of hydrogen-bond donors (Lipinski definition) is 3. The number of aromatic nitrogens is 1. The van der Waals surface area contributed by atoms with Gasteiger partial charge in [-0.3, -0.25) is 4.79 Å². The van der Waals surface area contributed by atoms with Crippen molar-refractivity contribution in [3.8, 4) is 11.3 Å². The number of benzene rings is 1. The van der Waals surface area contributed by atoms with Crippen molar-refractivity contribution in [1.29, 1.82) is 0 Å². The predicted molar refractivity (Wildman–Crippen MR) is 90.7 cm³/mol. The van der Waals surface area contributed by atoms with Crippen LogP contribution in [-0.2, 0) is 9.53 Å². The Bertz CT molecular complexity index is 707. The number of rotatable bonds is 6. The van der Waals surface area contributed by atoms with Gasteiger partial charge >= 0.3 is 6.09 Å². The molecule has 0 fully saturated rings. The van der Waals surface area contributed by atoms with Crippen LogP contribution in [0.2, 0.25) is 0 Å². The van der Waals surface area contributed by atoms with Gasteiger partial charge in [0.25, 0.3) is 5.91 Å². The van der Waals surface area contributed by atoms with Gasteiger partial charge in [-0.1, -0.05) is 28.1 Å². The molecule has 7 nitrogen and oxygen atoms in total. The molecular weight excluding hydrogens is 386 g/mol. The van der Waals surface area contributed by atoms with Gasteiger partial charge in [-0.2, -0.15) is 0 Å².